The summed E-state index contributed by atoms with van der Waals surface area (Å²) in [5.41, 5.74) is 7.75. The Morgan fingerprint density at radius 3 is 2.93 bits per heavy atom. The summed E-state index contributed by atoms with van der Waals surface area (Å²) < 4.78 is 5.53. The molecular weight excluding hydrogens is 260 g/mol. The highest BCUT2D eigenvalue weighted by atomic mass is 79.9. The van der Waals surface area contributed by atoms with Gasteiger partial charge in [0.05, 0.1) is 24.4 Å². The minimum Gasteiger partial charge on any atom is -0.466 e. The van der Waals surface area contributed by atoms with Crippen molar-refractivity contribution in [2.75, 3.05) is 12.3 Å². The Labute approximate surface area is 97.0 Å². The molecule has 0 aliphatic rings. The van der Waals surface area contributed by atoms with Crippen LogP contribution in [0.1, 0.15) is 18.2 Å². The number of aryl methyl sites for hydroxylation is 1. The first kappa shape index (κ1) is 12.0. The summed E-state index contributed by atoms with van der Waals surface area (Å²) in [6.07, 6.45) is 0.110. The van der Waals surface area contributed by atoms with Gasteiger partial charge in [-0.3, -0.25) is 4.79 Å². The molecule has 0 amide bonds. The van der Waals surface area contributed by atoms with Crippen molar-refractivity contribution in [1.82, 2.24) is 4.98 Å². The molecule has 82 valence electrons. The van der Waals surface area contributed by atoms with Crippen LogP contribution in [0.4, 0.5) is 5.69 Å². The van der Waals surface area contributed by atoms with Crippen molar-refractivity contribution in [2.45, 2.75) is 20.3 Å². The molecule has 0 unspecified atom stereocenters. The zero-order valence-electron chi connectivity index (χ0n) is 8.71. The lowest BCUT2D eigenvalue weighted by Gasteiger charge is -2.07. The van der Waals surface area contributed by atoms with E-state index in [4.69, 9.17) is 10.5 Å². The number of hydrogen-bond acceptors (Lipinski definition) is 4. The number of nitrogen functional groups attached to an aromatic ring is 1. The Balaban J connectivity index is 2.86. The second-order valence-electron chi connectivity index (χ2n) is 3.11. The molecule has 0 bridgehead atoms. The Hall–Kier alpha value is -1.10. The predicted octanol–water partition coefficient (Wildman–Crippen LogP) is 1.84. The Kier molecular flexibility index (Phi) is 4.08. The second kappa shape index (κ2) is 5.11. The van der Waals surface area contributed by atoms with Crippen molar-refractivity contribution in [3.8, 4) is 0 Å². The van der Waals surface area contributed by atoms with Gasteiger partial charge >= 0.3 is 5.97 Å². The normalized spacial score (nSPS) is 10.1. The first-order valence-electron chi connectivity index (χ1n) is 4.61. The number of carbonyl (C=O) groups excluding carboxylic acids is 1. The lowest BCUT2D eigenvalue weighted by atomic mass is 10.2. The number of pyridine rings is 1. The van der Waals surface area contributed by atoms with Crippen LogP contribution in [0.3, 0.4) is 0 Å². The van der Waals surface area contributed by atoms with Crippen LogP contribution in [0.15, 0.2) is 10.7 Å². The SMILES string of the molecule is CCOC(=O)Cc1nc(Br)c(C)cc1N. The standard InChI is InChI=1S/C10H13BrN2O2/c1-3-15-9(14)5-8-7(12)4-6(2)10(11)13-8/h4H,3,5,12H2,1-2H3. The summed E-state index contributed by atoms with van der Waals surface area (Å²) in [6, 6.07) is 1.78. The molecule has 0 aliphatic carbocycles. The van der Waals surface area contributed by atoms with E-state index in [9.17, 15) is 4.79 Å². The minimum atomic E-state index is -0.313. The fourth-order valence-electron chi connectivity index (χ4n) is 1.14. The van der Waals surface area contributed by atoms with Crippen molar-refractivity contribution >= 4 is 27.6 Å². The van der Waals surface area contributed by atoms with Crippen molar-refractivity contribution in [2.24, 2.45) is 0 Å². The van der Waals surface area contributed by atoms with E-state index in [0.717, 1.165) is 5.56 Å². The van der Waals surface area contributed by atoms with Gasteiger partial charge in [0.1, 0.15) is 4.60 Å². The summed E-state index contributed by atoms with van der Waals surface area (Å²) in [6.45, 7) is 4.02. The molecule has 5 heteroatoms. The second-order valence-corrected chi connectivity index (χ2v) is 3.86. The van der Waals surface area contributed by atoms with Crippen LogP contribution in [0.5, 0.6) is 0 Å². The lowest BCUT2D eigenvalue weighted by molar-refractivity contribution is -0.142. The molecule has 0 radical (unpaired) electrons. The number of hydrogen-bond donors (Lipinski definition) is 1. The predicted molar refractivity (Wildman–Crippen MR) is 61.4 cm³/mol. The van der Waals surface area contributed by atoms with E-state index in [2.05, 4.69) is 20.9 Å². The van der Waals surface area contributed by atoms with Crippen LogP contribution in [0.2, 0.25) is 0 Å². The highest BCUT2D eigenvalue weighted by Crippen LogP contribution is 2.19. The zero-order chi connectivity index (χ0) is 11.4. The van der Waals surface area contributed by atoms with Crippen LogP contribution in [-0.4, -0.2) is 17.6 Å². The minimum absolute atomic E-state index is 0.110. The van der Waals surface area contributed by atoms with Crippen LogP contribution in [-0.2, 0) is 16.0 Å². The van der Waals surface area contributed by atoms with Gasteiger partial charge < -0.3 is 10.5 Å². The van der Waals surface area contributed by atoms with Gasteiger partial charge in [-0.15, -0.1) is 0 Å². The molecule has 0 aromatic carbocycles. The summed E-state index contributed by atoms with van der Waals surface area (Å²) in [7, 11) is 0. The molecule has 1 aromatic rings. The smallest absolute Gasteiger partial charge is 0.311 e. The van der Waals surface area contributed by atoms with Crippen LogP contribution in [0.25, 0.3) is 0 Å². The van der Waals surface area contributed by atoms with E-state index < -0.39 is 0 Å². The third-order valence-corrected chi connectivity index (χ3v) is 2.68. The fourth-order valence-corrected chi connectivity index (χ4v) is 1.47. The summed E-state index contributed by atoms with van der Waals surface area (Å²) >= 11 is 3.29. The number of ether oxygens (including phenoxy) is 1. The molecular formula is C10H13BrN2O2. The van der Waals surface area contributed by atoms with E-state index in [1.54, 1.807) is 13.0 Å². The maximum atomic E-state index is 11.2. The van der Waals surface area contributed by atoms with Crippen LogP contribution < -0.4 is 5.73 Å². The van der Waals surface area contributed by atoms with Crippen molar-refractivity contribution in [1.29, 1.82) is 0 Å². The summed E-state index contributed by atoms with van der Waals surface area (Å²) in [5, 5.41) is 0. The molecule has 0 fully saturated rings. The summed E-state index contributed by atoms with van der Waals surface area (Å²) in [4.78, 5) is 15.4. The van der Waals surface area contributed by atoms with Crippen molar-refractivity contribution in [3.63, 3.8) is 0 Å². The molecule has 1 heterocycles. The molecule has 1 rings (SSSR count). The Bertz CT molecular complexity index is 380. The maximum Gasteiger partial charge on any atom is 0.311 e. The van der Waals surface area contributed by atoms with E-state index in [0.29, 0.717) is 22.6 Å². The average molecular weight is 273 g/mol. The van der Waals surface area contributed by atoms with Crippen molar-refractivity contribution in [3.05, 3.63) is 21.9 Å². The number of aromatic nitrogens is 1. The molecule has 0 saturated carbocycles. The van der Waals surface area contributed by atoms with Crippen LogP contribution >= 0.6 is 15.9 Å². The molecule has 0 atom stereocenters. The van der Waals surface area contributed by atoms with Gasteiger partial charge in [0.2, 0.25) is 0 Å². The third kappa shape index (κ3) is 3.20. The summed E-state index contributed by atoms with van der Waals surface area (Å²) in [5.74, 6) is -0.313. The average Bonchev–Trinajstić information content (AvgIpc) is 2.14. The molecule has 1 aromatic heterocycles. The molecule has 0 aliphatic heterocycles. The first-order valence-corrected chi connectivity index (χ1v) is 5.41. The molecule has 2 N–H and O–H groups in total. The number of esters is 1. The highest BCUT2D eigenvalue weighted by molar-refractivity contribution is 9.10. The highest BCUT2D eigenvalue weighted by Gasteiger charge is 2.10. The lowest BCUT2D eigenvalue weighted by Crippen LogP contribution is -2.11. The Morgan fingerprint density at radius 1 is 1.67 bits per heavy atom. The Morgan fingerprint density at radius 2 is 2.33 bits per heavy atom. The topological polar surface area (TPSA) is 65.2 Å². The van der Waals surface area contributed by atoms with Gasteiger partial charge in [0.25, 0.3) is 0 Å². The first-order chi connectivity index (χ1) is 7.04. The molecule has 4 nitrogen and oxygen atoms in total. The van der Waals surface area contributed by atoms with Crippen LogP contribution in [0, 0.1) is 6.92 Å². The number of halogens is 1. The maximum absolute atomic E-state index is 11.2. The van der Waals surface area contributed by atoms with E-state index in [-0.39, 0.29) is 12.4 Å². The quantitative estimate of drug-likeness (QED) is 0.674. The van der Waals surface area contributed by atoms with E-state index in [1.165, 1.54) is 0 Å². The number of nitrogens with zero attached hydrogens (tertiary/aromatic N) is 1. The number of anilines is 1. The van der Waals surface area contributed by atoms with Crippen molar-refractivity contribution < 1.29 is 9.53 Å². The number of nitrogens with two attached hydrogens (primary N) is 1. The monoisotopic (exact) mass is 272 g/mol. The molecule has 0 spiro atoms. The van der Waals surface area contributed by atoms with Gasteiger partial charge in [-0.1, -0.05) is 0 Å². The van der Waals surface area contributed by atoms with Gasteiger partial charge in [-0.05, 0) is 41.4 Å². The van der Waals surface area contributed by atoms with Gasteiger partial charge in [0.15, 0.2) is 0 Å². The largest absolute Gasteiger partial charge is 0.466 e. The zero-order valence-corrected chi connectivity index (χ0v) is 10.3. The third-order valence-electron chi connectivity index (χ3n) is 1.88. The number of carbonyl (C=O) groups is 1. The van der Waals surface area contributed by atoms with E-state index in [1.807, 2.05) is 6.92 Å². The van der Waals surface area contributed by atoms with Gasteiger partial charge in [0, 0.05) is 0 Å². The molecule has 15 heavy (non-hydrogen) atoms. The number of rotatable bonds is 3. The van der Waals surface area contributed by atoms with Gasteiger partial charge in [-0.25, -0.2) is 4.98 Å². The fraction of sp³-hybridized carbons (Fsp3) is 0.400. The van der Waals surface area contributed by atoms with E-state index >= 15 is 0 Å². The van der Waals surface area contributed by atoms with Gasteiger partial charge in [-0.2, -0.15) is 0 Å². The molecule has 0 saturated heterocycles.